The zero-order valence-electron chi connectivity index (χ0n) is 8.09. The summed E-state index contributed by atoms with van der Waals surface area (Å²) in [6.07, 6.45) is 4.78. The monoisotopic (exact) mass is 218 g/mol. The Morgan fingerprint density at radius 1 is 1.23 bits per heavy atom. The maximum absolute atomic E-state index is 5.75. The Morgan fingerprint density at radius 2 is 1.85 bits per heavy atom. The van der Waals surface area contributed by atoms with E-state index in [0.29, 0.717) is 10.4 Å². The van der Waals surface area contributed by atoms with Crippen molar-refractivity contribution in [3.8, 4) is 0 Å². The molecule has 0 spiro atoms. The van der Waals surface area contributed by atoms with Crippen LogP contribution >= 0.6 is 22.9 Å². The van der Waals surface area contributed by atoms with Gasteiger partial charge in [-0.1, -0.05) is 38.0 Å². The van der Waals surface area contributed by atoms with Crippen LogP contribution in [0, 0.1) is 0 Å². The summed E-state index contributed by atoms with van der Waals surface area (Å²) in [5.74, 6) is 0.569. The van der Waals surface area contributed by atoms with Gasteiger partial charge in [0.1, 0.15) is 5.01 Å². The van der Waals surface area contributed by atoms with E-state index in [4.69, 9.17) is 11.6 Å². The Bertz CT molecular complexity index is 244. The lowest BCUT2D eigenvalue weighted by Gasteiger charge is -2.10. The van der Waals surface area contributed by atoms with Crippen molar-refractivity contribution in [2.75, 3.05) is 0 Å². The summed E-state index contributed by atoms with van der Waals surface area (Å²) in [7, 11) is 0. The highest BCUT2D eigenvalue weighted by molar-refractivity contribution is 7.15. The first-order chi connectivity index (χ1) is 6.27. The van der Waals surface area contributed by atoms with Gasteiger partial charge in [-0.15, -0.1) is 10.2 Å². The smallest absolute Gasteiger partial charge is 0.142 e. The SMILES string of the molecule is CCCC(CCC)c1nnc(Cl)s1. The third-order valence-corrected chi connectivity index (χ3v) is 3.22. The van der Waals surface area contributed by atoms with Gasteiger partial charge in [0.25, 0.3) is 0 Å². The van der Waals surface area contributed by atoms with Crippen LogP contribution in [0.1, 0.15) is 50.5 Å². The van der Waals surface area contributed by atoms with Crippen LogP contribution in [0.3, 0.4) is 0 Å². The highest BCUT2D eigenvalue weighted by Gasteiger charge is 2.14. The van der Waals surface area contributed by atoms with Crippen molar-refractivity contribution in [3.63, 3.8) is 0 Å². The molecule has 1 aromatic heterocycles. The van der Waals surface area contributed by atoms with Crippen molar-refractivity contribution in [1.82, 2.24) is 10.2 Å². The quantitative estimate of drug-likeness (QED) is 0.750. The Kier molecular flexibility index (Phi) is 4.67. The van der Waals surface area contributed by atoms with E-state index in [1.807, 2.05) is 0 Å². The number of hydrogen-bond donors (Lipinski definition) is 0. The molecule has 0 aromatic carbocycles. The van der Waals surface area contributed by atoms with Gasteiger partial charge < -0.3 is 0 Å². The molecule has 0 amide bonds. The predicted molar refractivity (Wildman–Crippen MR) is 57.5 cm³/mol. The molecular formula is C9H15ClN2S. The predicted octanol–water partition coefficient (Wildman–Crippen LogP) is 3.88. The first-order valence-electron chi connectivity index (χ1n) is 4.76. The van der Waals surface area contributed by atoms with E-state index in [1.54, 1.807) is 0 Å². The average molecular weight is 219 g/mol. The summed E-state index contributed by atoms with van der Waals surface area (Å²) in [6, 6.07) is 0. The van der Waals surface area contributed by atoms with E-state index in [0.717, 1.165) is 5.01 Å². The molecule has 0 radical (unpaired) electrons. The zero-order chi connectivity index (χ0) is 9.68. The lowest BCUT2D eigenvalue weighted by atomic mass is 9.99. The van der Waals surface area contributed by atoms with Gasteiger partial charge in [0.05, 0.1) is 0 Å². The number of aromatic nitrogens is 2. The fourth-order valence-electron chi connectivity index (χ4n) is 1.47. The van der Waals surface area contributed by atoms with Gasteiger partial charge >= 0.3 is 0 Å². The molecule has 4 heteroatoms. The fourth-order valence-corrected chi connectivity index (χ4v) is 2.48. The second-order valence-corrected chi connectivity index (χ2v) is 4.76. The van der Waals surface area contributed by atoms with Crippen LogP contribution in [0.4, 0.5) is 0 Å². The molecular weight excluding hydrogens is 204 g/mol. The van der Waals surface area contributed by atoms with E-state index in [2.05, 4.69) is 24.0 Å². The maximum Gasteiger partial charge on any atom is 0.207 e. The highest BCUT2D eigenvalue weighted by atomic mass is 35.5. The summed E-state index contributed by atoms with van der Waals surface area (Å²) >= 11 is 7.27. The Labute approximate surface area is 88.3 Å². The molecule has 13 heavy (non-hydrogen) atoms. The molecule has 0 saturated heterocycles. The summed E-state index contributed by atoms with van der Waals surface area (Å²) in [6.45, 7) is 4.40. The summed E-state index contributed by atoms with van der Waals surface area (Å²) in [5.41, 5.74) is 0. The number of nitrogens with zero attached hydrogens (tertiary/aromatic N) is 2. The molecule has 0 saturated carbocycles. The molecule has 0 bridgehead atoms. The number of hydrogen-bond acceptors (Lipinski definition) is 3. The summed E-state index contributed by atoms with van der Waals surface area (Å²) < 4.78 is 0.562. The first kappa shape index (κ1) is 10.9. The number of rotatable bonds is 5. The third kappa shape index (κ3) is 3.24. The van der Waals surface area contributed by atoms with Gasteiger partial charge in [0, 0.05) is 5.92 Å². The Morgan fingerprint density at radius 3 is 2.23 bits per heavy atom. The Hall–Kier alpha value is -0.150. The van der Waals surface area contributed by atoms with Crippen LogP contribution in [0.25, 0.3) is 0 Å². The third-order valence-electron chi connectivity index (χ3n) is 2.04. The van der Waals surface area contributed by atoms with Gasteiger partial charge in [-0.05, 0) is 24.4 Å². The summed E-state index contributed by atoms with van der Waals surface area (Å²) in [5, 5.41) is 9.03. The van der Waals surface area contributed by atoms with Crippen molar-refractivity contribution >= 4 is 22.9 Å². The van der Waals surface area contributed by atoms with Crippen LogP contribution in [-0.2, 0) is 0 Å². The van der Waals surface area contributed by atoms with Gasteiger partial charge in [-0.3, -0.25) is 0 Å². The average Bonchev–Trinajstić information content (AvgIpc) is 2.51. The van der Waals surface area contributed by atoms with E-state index < -0.39 is 0 Å². The molecule has 1 rings (SSSR count). The van der Waals surface area contributed by atoms with Crippen LogP contribution in [0.2, 0.25) is 4.47 Å². The fraction of sp³-hybridized carbons (Fsp3) is 0.778. The molecule has 0 fully saturated rings. The van der Waals surface area contributed by atoms with Crippen LogP contribution < -0.4 is 0 Å². The van der Waals surface area contributed by atoms with Crippen molar-refractivity contribution in [2.45, 2.75) is 45.4 Å². The van der Waals surface area contributed by atoms with Crippen molar-refractivity contribution < 1.29 is 0 Å². The van der Waals surface area contributed by atoms with E-state index >= 15 is 0 Å². The summed E-state index contributed by atoms with van der Waals surface area (Å²) in [4.78, 5) is 0. The second-order valence-electron chi connectivity index (χ2n) is 3.17. The van der Waals surface area contributed by atoms with Crippen LogP contribution in [0.5, 0.6) is 0 Å². The Balaban J connectivity index is 2.63. The van der Waals surface area contributed by atoms with E-state index in [1.165, 1.54) is 37.0 Å². The molecule has 74 valence electrons. The standard InChI is InChI=1S/C9H15ClN2S/c1-3-5-7(6-4-2)8-11-12-9(10)13-8/h7H,3-6H2,1-2H3. The minimum Gasteiger partial charge on any atom is -0.142 e. The molecule has 0 aliphatic carbocycles. The zero-order valence-corrected chi connectivity index (χ0v) is 9.66. The van der Waals surface area contributed by atoms with Crippen LogP contribution in [0.15, 0.2) is 0 Å². The molecule has 0 unspecified atom stereocenters. The number of halogens is 1. The van der Waals surface area contributed by atoms with Gasteiger partial charge in [0.2, 0.25) is 4.47 Å². The first-order valence-corrected chi connectivity index (χ1v) is 5.96. The molecule has 0 atom stereocenters. The maximum atomic E-state index is 5.75. The molecule has 2 nitrogen and oxygen atoms in total. The minimum absolute atomic E-state index is 0.562. The van der Waals surface area contributed by atoms with Crippen molar-refractivity contribution in [1.29, 1.82) is 0 Å². The molecule has 0 aliphatic heterocycles. The topological polar surface area (TPSA) is 25.8 Å². The second kappa shape index (κ2) is 5.55. The molecule has 0 N–H and O–H groups in total. The lowest BCUT2D eigenvalue weighted by molar-refractivity contribution is 0.554. The van der Waals surface area contributed by atoms with E-state index in [-0.39, 0.29) is 0 Å². The molecule has 1 heterocycles. The molecule has 1 aromatic rings. The lowest BCUT2D eigenvalue weighted by Crippen LogP contribution is -1.97. The minimum atomic E-state index is 0.562. The largest absolute Gasteiger partial charge is 0.207 e. The van der Waals surface area contributed by atoms with Crippen LogP contribution in [-0.4, -0.2) is 10.2 Å². The van der Waals surface area contributed by atoms with E-state index in [9.17, 15) is 0 Å². The van der Waals surface area contributed by atoms with Gasteiger partial charge in [0.15, 0.2) is 0 Å². The molecule has 0 aliphatic rings. The van der Waals surface area contributed by atoms with Gasteiger partial charge in [-0.2, -0.15) is 0 Å². The normalized spacial score (nSPS) is 11.1. The van der Waals surface area contributed by atoms with Gasteiger partial charge in [-0.25, -0.2) is 0 Å². The highest BCUT2D eigenvalue weighted by Crippen LogP contribution is 2.29. The van der Waals surface area contributed by atoms with Crippen molar-refractivity contribution in [3.05, 3.63) is 9.47 Å². The van der Waals surface area contributed by atoms with Crippen molar-refractivity contribution in [2.24, 2.45) is 0 Å².